The van der Waals surface area contributed by atoms with E-state index in [0.29, 0.717) is 5.69 Å². The average molecular weight is 339 g/mol. The summed E-state index contributed by atoms with van der Waals surface area (Å²) >= 11 is 0. The Bertz CT molecular complexity index is 696. The van der Waals surface area contributed by atoms with Crippen LogP contribution in [0.25, 0.3) is 0 Å². The van der Waals surface area contributed by atoms with Crippen molar-refractivity contribution in [2.75, 3.05) is 12.0 Å². The first kappa shape index (κ1) is 18.5. The Labute approximate surface area is 148 Å². The van der Waals surface area contributed by atoms with Gasteiger partial charge in [-0.2, -0.15) is 5.10 Å². The van der Waals surface area contributed by atoms with Crippen LogP contribution >= 0.6 is 0 Å². The van der Waals surface area contributed by atoms with Gasteiger partial charge in [-0.15, -0.1) is 0 Å². The van der Waals surface area contributed by atoms with Gasteiger partial charge in [0.05, 0.1) is 24.5 Å². The molecule has 0 atom stereocenters. The molecule has 0 amide bonds. The molecule has 0 saturated heterocycles. The molecule has 0 aliphatic carbocycles. The lowest BCUT2D eigenvalue weighted by molar-refractivity contribution is -0.255. The smallest absolute Gasteiger partial charge is 0.119 e. The lowest BCUT2D eigenvalue weighted by atomic mass is 10.2. The SMILES string of the molecule is CCCCCCOc1ccc(/C=N\Nc2cccc(C(=O)[O-])c2)cc1. The molecule has 0 bridgehead atoms. The largest absolute Gasteiger partial charge is 0.545 e. The summed E-state index contributed by atoms with van der Waals surface area (Å²) in [6.45, 7) is 2.93. The minimum atomic E-state index is -1.21. The van der Waals surface area contributed by atoms with E-state index >= 15 is 0 Å². The quantitative estimate of drug-likeness (QED) is 0.409. The van der Waals surface area contributed by atoms with E-state index in [0.717, 1.165) is 24.3 Å². The molecule has 0 fully saturated rings. The molecule has 5 nitrogen and oxygen atoms in total. The Balaban J connectivity index is 1.81. The fourth-order valence-electron chi connectivity index (χ4n) is 2.27. The molecule has 25 heavy (non-hydrogen) atoms. The van der Waals surface area contributed by atoms with Crippen molar-refractivity contribution >= 4 is 17.9 Å². The first-order valence-corrected chi connectivity index (χ1v) is 8.52. The number of unbranched alkanes of at least 4 members (excludes halogenated alkanes) is 3. The molecular weight excluding hydrogens is 316 g/mol. The first-order chi connectivity index (χ1) is 12.2. The highest BCUT2D eigenvalue weighted by Gasteiger charge is 1.96. The second-order valence-electron chi connectivity index (χ2n) is 5.72. The first-order valence-electron chi connectivity index (χ1n) is 8.52. The van der Waals surface area contributed by atoms with E-state index in [1.54, 1.807) is 18.3 Å². The number of nitrogens with zero attached hydrogens (tertiary/aromatic N) is 1. The van der Waals surface area contributed by atoms with Crippen LogP contribution in [0.3, 0.4) is 0 Å². The number of aromatic carboxylic acids is 1. The number of carboxylic acid groups (broad SMARTS) is 1. The third-order valence-corrected chi connectivity index (χ3v) is 3.65. The molecule has 0 aliphatic heterocycles. The van der Waals surface area contributed by atoms with Crippen molar-refractivity contribution in [2.24, 2.45) is 5.10 Å². The van der Waals surface area contributed by atoms with Crippen LogP contribution in [0.15, 0.2) is 53.6 Å². The number of ether oxygens (including phenoxy) is 1. The van der Waals surface area contributed by atoms with Crippen molar-refractivity contribution < 1.29 is 14.6 Å². The van der Waals surface area contributed by atoms with Crippen molar-refractivity contribution in [1.29, 1.82) is 0 Å². The number of hydrazone groups is 1. The molecule has 0 saturated carbocycles. The second-order valence-corrected chi connectivity index (χ2v) is 5.72. The van der Waals surface area contributed by atoms with Crippen LogP contribution in [0.5, 0.6) is 5.75 Å². The molecular formula is C20H23N2O3-. The average Bonchev–Trinajstić information content (AvgIpc) is 2.63. The van der Waals surface area contributed by atoms with Gasteiger partial charge in [-0.1, -0.05) is 38.3 Å². The zero-order valence-corrected chi connectivity index (χ0v) is 14.4. The summed E-state index contributed by atoms with van der Waals surface area (Å²) in [6, 6.07) is 14.0. The number of benzene rings is 2. The summed E-state index contributed by atoms with van der Waals surface area (Å²) in [5, 5.41) is 14.9. The Morgan fingerprint density at radius 2 is 1.96 bits per heavy atom. The summed E-state index contributed by atoms with van der Waals surface area (Å²) in [5.41, 5.74) is 4.42. The second kappa shape index (κ2) is 10.1. The molecule has 2 aromatic rings. The summed E-state index contributed by atoms with van der Waals surface area (Å²) in [5.74, 6) is -0.360. The van der Waals surface area contributed by atoms with E-state index < -0.39 is 5.97 Å². The number of carbonyl (C=O) groups excluding carboxylic acids is 1. The van der Waals surface area contributed by atoms with Gasteiger partial charge in [0.15, 0.2) is 0 Å². The number of anilines is 1. The Hall–Kier alpha value is -2.82. The van der Waals surface area contributed by atoms with E-state index in [1.165, 1.54) is 31.4 Å². The van der Waals surface area contributed by atoms with Crippen LogP contribution < -0.4 is 15.3 Å². The molecule has 0 radical (unpaired) electrons. The summed E-state index contributed by atoms with van der Waals surface area (Å²) in [7, 11) is 0. The van der Waals surface area contributed by atoms with E-state index in [2.05, 4.69) is 17.5 Å². The van der Waals surface area contributed by atoms with Gasteiger partial charge in [-0.3, -0.25) is 5.43 Å². The van der Waals surface area contributed by atoms with E-state index in [1.807, 2.05) is 24.3 Å². The standard InChI is InChI=1S/C20H24N2O3/c1-2-3-4-5-13-25-19-11-9-16(10-12-19)15-21-22-18-8-6-7-17(14-18)20(23)24/h6-12,14-15,22H,2-5,13H2,1H3,(H,23,24)/p-1/b21-15-. The molecule has 5 heteroatoms. The van der Waals surface area contributed by atoms with Crippen LogP contribution in [0.4, 0.5) is 5.69 Å². The van der Waals surface area contributed by atoms with Crippen LogP contribution in [0.1, 0.15) is 48.5 Å². The molecule has 0 spiro atoms. The van der Waals surface area contributed by atoms with Gasteiger partial charge in [0.1, 0.15) is 5.75 Å². The number of nitrogens with one attached hydrogen (secondary N) is 1. The van der Waals surface area contributed by atoms with Crippen LogP contribution in [-0.4, -0.2) is 18.8 Å². The Morgan fingerprint density at radius 1 is 1.16 bits per heavy atom. The molecule has 1 N–H and O–H groups in total. The summed E-state index contributed by atoms with van der Waals surface area (Å²) in [6.07, 6.45) is 6.41. The molecule has 2 rings (SSSR count). The third-order valence-electron chi connectivity index (χ3n) is 3.65. The van der Waals surface area contributed by atoms with Gasteiger partial charge >= 0.3 is 0 Å². The number of carbonyl (C=O) groups is 1. The van der Waals surface area contributed by atoms with Gasteiger partial charge in [0, 0.05) is 0 Å². The highest BCUT2D eigenvalue weighted by Crippen LogP contribution is 2.13. The van der Waals surface area contributed by atoms with Gasteiger partial charge in [0.2, 0.25) is 0 Å². The number of carboxylic acids is 1. The van der Waals surface area contributed by atoms with Crippen LogP contribution in [0.2, 0.25) is 0 Å². The number of hydrogen-bond acceptors (Lipinski definition) is 5. The molecule has 2 aromatic carbocycles. The lowest BCUT2D eigenvalue weighted by Crippen LogP contribution is -2.22. The maximum absolute atomic E-state index is 10.8. The molecule has 0 unspecified atom stereocenters. The molecule has 0 aliphatic rings. The van der Waals surface area contributed by atoms with E-state index in [9.17, 15) is 9.90 Å². The van der Waals surface area contributed by atoms with Crippen molar-refractivity contribution in [3.63, 3.8) is 0 Å². The van der Waals surface area contributed by atoms with Gasteiger partial charge in [0.25, 0.3) is 0 Å². The monoisotopic (exact) mass is 339 g/mol. The van der Waals surface area contributed by atoms with Gasteiger partial charge in [-0.25, -0.2) is 0 Å². The minimum Gasteiger partial charge on any atom is -0.545 e. The van der Waals surface area contributed by atoms with Crippen molar-refractivity contribution in [2.45, 2.75) is 32.6 Å². The van der Waals surface area contributed by atoms with Crippen LogP contribution in [0, 0.1) is 0 Å². The lowest BCUT2D eigenvalue weighted by Gasteiger charge is -2.06. The fourth-order valence-corrected chi connectivity index (χ4v) is 2.27. The zero-order valence-electron chi connectivity index (χ0n) is 14.4. The zero-order chi connectivity index (χ0) is 17.9. The predicted octanol–water partition coefficient (Wildman–Crippen LogP) is 3.46. The highest BCUT2D eigenvalue weighted by atomic mass is 16.5. The summed E-state index contributed by atoms with van der Waals surface area (Å²) < 4.78 is 5.70. The number of hydrogen-bond donors (Lipinski definition) is 1. The van der Waals surface area contributed by atoms with E-state index in [-0.39, 0.29) is 5.56 Å². The maximum Gasteiger partial charge on any atom is 0.119 e. The fraction of sp³-hybridized carbons (Fsp3) is 0.300. The molecule has 132 valence electrons. The van der Waals surface area contributed by atoms with Crippen LogP contribution in [-0.2, 0) is 0 Å². The van der Waals surface area contributed by atoms with E-state index in [4.69, 9.17) is 4.74 Å². The third kappa shape index (κ3) is 6.67. The van der Waals surface area contributed by atoms with Crippen molar-refractivity contribution in [3.8, 4) is 5.75 Å². The topological polar surface area (TPSA) is 73.8 Å². The summed E-state index contributed by atoms with van der Waals surface area (Å²) in [4.78, 5) is 10.8. The highest BCUT2D eigenvalue weighted by molar-refractivity contribution is 5.87. The van der Waals surface area contributed by atoms with Gasteiger partial charge in [-0.05, 0) is 53.9 Å². The van der Waals surface area contributed by atoms with Gasteiger partial charge < -0.3 is 14.6 Å². The van der Waals surface area contributed by atoms with Crippen molar-refractivity contribution in [3.05, 3.63) is 59.7 Å². The van der Waals surface area contributed by atoms with Crippen molar-refractivity contribution in [1.82, 2.24) is 0 Å². The Kier molecular flexibility index (Phi) is 7.50. The molecule has 0 aromatic heterocycles. The predicted molar refractivity (Wildman–Crippen MR) is 98.1 cm³/mol. The molecule has 0 heterocycles. The minimum absolute atomic E-state index is 0.112. The number of rotatable bonds is 10. The maximum atomic E-state index is 10.8. The normalized spacial score (nSPS) is 10.8. The Morgan fingerprint density at radius 3 is 2.68 bits per heavy atom.